The number of hydrogen-bond acceptors (Lipinski definition) is 3. The summed E-state index contributed by atoms with van der Waals surface area (Å²) in [6.07, 6.45) is 1.26. The first-order chi connectivity index (χ1) is 11.7. The van der Waals surface area contributed by atoms with E-state index >= 15 is 0 Å². The molecule has 0 aliphatic heterocycles. The molecule has 1 atom stereocenters. The molecule has 130 valence electrons. The Morgan fingerprint density at radius 3 is 2.62 bits per heavy atom. The van der Waals surface area contributed by atoms with Crippen molar-refractivity contribution in [2.45, 2.75) is 32.7 Å². The van der Waals surface area contributed by atoms with Crippen molar-refractivity contribution in [3.63, 3.8) is 0 Å². The molecular weight excluding hydrogens is 384 g/mol. The summed E-state index contributed by atoms with van der Waals surface area (Å²) in [6, 6.07) is 10.5. The molecule has 2 rings (SSSR count). The van der Waals surface area contributed by atoms with Gasteiger partial charge in [0, 0.05) is 17.4 Å². The Kier molecular flexibility index (Phi) is 7.95. The maximum absolute atomic E-state index is 12.3. The van der Waals surface area contributed by atoms with Gasteiger partial charge in [0.05, 0.1) is 6.04 Å². The number of likely N-dealkylation sites (N-methyl/N-ethyl adjacent to an activating group) is 1. The van der Waals surface area contributed by atoms with Crippen LogP contribution in [0.4, 0.5) is 0 Å². The first kappa shape index (κ1) is 19.2. The van der Waals surface area contributed by atoms with E-state index in [0.29, 0.717) is 13.0 Å². The highest BCUT2D eigenvalue weighted by molar-refractivity contribution is 9.10. The van der Waals surface area contributed by atoms with Gasteiger partial charge in [-0.05, 0) is 53.5 Å². The van der Waals surface area contributed by atoms with E-state index in [9.17, 15) is 4.79 Å². The van der Waals surface area contributed by atoms with Crippen LogP contribution in [0.2, 0.25) is 0 Å². The van der Waals surface area contributed by atoms with E-state index in [0.717, 1.165) is 24.0 Å². The van der Waals surface area contributed by atoms with E-state index in [1.54, 1.807) is 11.3 Å². The maximum Gasteiger partial charge on any atom is 0.220 e. The molecule has 1 aromatic carbocycles. The van der Waals surface area contributed by atoms with Crippen molar-refractivity contribution < 1.29 is 4.79 Å². The van der Waals surface area contributed by atoms with E-state index in [1.165, 1.54) is 11.1 Å². The van der Waals surface area contributed by atoms with E-state index < -0.39 is 0 Å². The summed E-state index contributed by atoms with van der Waals surface area (Å²) in [5, 5.41) is 7.39. The topological polar surface area (TPSA) is 32.3 Å². The number of thiophene rings is 1. The van der Waals surface area contributed by atoms with Gasteiger partial charge in [-0.2, -0.15) is 11.3 Å². The van der Waals surface area contributed by atoms with Crippen LogP contribution < -0.4 is 5.32 Å². The summed E-state index contributed by atoms with van der Waals surface area (Å²) < 4.78 is 1.07. The lowest BCUT2D eigenvalue weighted by atomic mass is 10.1. The third-order valence-corrected chi connectivity index (χ3v) is 5.73. The highest BCUT2D eigenvalue weighted by Crippen LogP contribution is 2.22. The third kappa shape index (κ3) is 5.43. The van der Waals surface area contributed by atoms with Crippen molar-refractivity contribution >= 4 is 33.2 Å². The van der Waals surface area contributed by atoms with Crippen LogP contribution in [-0.4, -0.2) is 30.4 Å². The number of rotatable bonds is 9. The van der Waals surface area contributed by atoms with Crippen LogP contribution in [0.15, 0.2) is 45.6 Å². The maximum atomic E-state index is 12.3. The minimum absolute atomic E-state index is 0.109. The summed E-state index contributed by atoms with van der Waals surface area (Å²) in [6.45, 7) is 6.94. The van der Waals surface area contributed by atoms with Gasteiger partial charge in [-0.25, -0.2) is 0 Å². The molecule has 0 saturated carbocycles. The minimum atomic E-state index is 0.109. The van der Waals surface area contributed by atoms with Crippen molar-refractivity contribution in [1.29, 1.82) is 0 Å². The van der Waals surface area contributed by atoms with E-state index in [2.05, 4.69) is 62.9 Å². The monoisotopic (exact) mass is 408 g/mol. The second kappa shape index (κ2) is 9.97. The molecule has 0 spiro atoms. The number of benzene rings is 1. The van der Waals surface area contributed by atoms with Crippen LogP contribution in [0.5, 0.6) is 0 Å². The molecule has 1 amide bonds. The molecule has 5 heteroatoms. The van der Waals surface area contributed by atoms with Gasteiger partial charge in [-0.1, -0.05) is 48.0 Å². The van der Waals surface area contributed by atoms with Gasteiger partial charge in [0.1, 0.15) is 0 Å². The standard InChI is InChI=1S/C19H25BrN2OS/c1-3-22(4-2)18(16-11-12-24-14-16)13-21-19(23)10-9-15-7-5-6-8-17(15)20/h5-8,11-12,14,18H,3-4,9-10,13H2,1-2H3,(H,21,23). The summed E-state index contributed by atoms with van der Waals surface area (Å²) in [7, 11) is 0. The molecule has 0 aliphatic carbocycles. The fourth-order valence-corrected chi connectivity index (χ4v) is 4.03. The molecule has 1 N–H and O–H groups in total. The van der Waals surface area contributed by atoms with Gasteiger partial charge in [0.2, 0.25) is 5.91 Å². The number of hydrogen-bond donors (Lipinski definition) is 1. The van der Waals surface area contributed by atoms with Gasteiger partial charge in [-0.15, -0.1) is 0 Å². The molecule has 0 bridgehead atoms. The van der Waals surface area contributed by atoms with Gasteiger partial charge < -0.3 is 5.32 Å². The Morgan fingerprint density at radius 1 is 1.25 bits per heavy atom. The number of nitrogens with one attached hydrogen (secondary N) is 1. The Balaban J connectivity index is 1.89. The Morgan fingerprint density at radius 2 is 2.00 bits per heavy atom. The van der Waals surface area contributed by atoms with Gasteiger partial charge in [0.25, 0.3) is 0 Å². The summed E-state index contributed by atoms with van der Waals surface area (Å²) in [5.41, 5.74) is 2.46. The molecule has 0 aliphatic rings. The van der Waals surface area contributed by atoms with Crippen molar-refractivity contribution in [3.05, 3.63) is 56.7 Å². The first-order valence-electron chi connectivity index (χ1n) is 8.41. The SMILES string of the molecule is CCN(CC)C(CNC(=O)CCc1ccccc1Br)c1ccsc1. The lowest BCUT2D eigenvalue weighted by Crippen LogP contribution is -2.38. The average molecular weight is 409 g/mol. The fourth-order valence-electron chi connectivity index (χ4n) is 2.83. The first-order valence-corrected chi connectivity index (χ1v) is 10.2. The zero-order valence-corrected chi connectivity index (χ0v) is 16.7. The van der Waals surface area contributed by atoms with Crippen LogP contribution in [0, 0.1) is 0 Å². The number of halogens is 1. The summed E-state index contributed by atoms with van der Waals surface area (Å²) in [4.78, 5) is 14.6. The average Bonchev–Trinajstić information content (AvgIpc) is 3.12. The quantitative estimate of drug-likeness (QED) is 0.654. The van der Waals surface area contributed by atoms with Crippen molar-refractivity contribution in [2.24, 2.45) is 0 Å². The van der Waals surface area contributed by atoms with Crippen molar-refractivity contribution in [1.82, 2.24) is 10.2 Å². The smallest absolute Gasteiger partial charge is 0.220 e. The van der Waals surface area contributed by atoms with Crippen LogP contribution in [0.25, 0.3) is 0 Å². The van der Waals surface area contributed by atoms with E-state index in [-0.39, 0.29) is 11.9 Å². The molecule has 24 heavy (non-hydrogen) atoms. The van der Waals surface area contributed by atoms with Crippen LogP contribution >= 0.6 is 27.3 Å². The number of nitrogens with zero attached hydrogens (tertiary/aromatic N) is 1. The summed E-state index contributed by atoms with van der Waals surface area (Å²) in [5.74, 6) is 0.109. The lowest BCUT2D eigenvalue weighted by Gasteiger charge is -2.29. The third-order valence-electron chi connectivity index (χ3n) is 4.25. The number of carbonyl (C=O) groups excluding carboxylic acids is 1. The van der Waals surface area contributed by atoms with Crippen LogP contribution in [-0.2, 0) is 11.2 Å². The molecule has 1 aromatic heterocycles. The molecule has 1 heterocycles. The van der Waals surface area contributed by atoms with Crippen LogP contribution in [0.3, 0.4) is 0 Å². The molecule has 2 aromatic rings. The second-order valence-corrected chi connectivity index (χ2v) is 7.32. The normalized spacial score (nSPS) is 12.3. The Hall–Kier alpha value is -1.17. The molecule has 0 radical (unpaired) electrons. The lowest BCUT2D eigenvalue weighted by molar-refractivity contribution is -0.121. The van der Waals surface area contributed by atoms with Gasteiger partial charge in [-0.3, -0.25) is 9.69 Å². The molecular formula is C19H25BrN2OS. The summed E-state index contributed by atoms with van der Waals surface area (Å²) >= 11 is 5.24. The van der Waals surface area contributed by atoms with Crippen LogP contribution in [0.1, 0.15) is 37.4 Å². The van der Waals surface area contributed by atoms with Crippen molar-refractivity contribution in [3.8, 4) is 0 Å². The van der Waals surface area contributed by atoms with Crippen molar-refractivity contribution in [2.75, 3.05) is 19.6 Å². The molecule has 0 fully saturated rings. The molecule has 0 saturated heterocycles. The van der Waals surface area contributed by atoms with Gasteiger partial charge >= 0.3 is 0 Å². The predicted octanol–water partition coefficient (Wildman–Crippen LogP) is 4.64. The Bertz CT molecular complexity index is 626. The van der Waals surface area contributed by atoms with E-state index in [4.69, 9.17) is 0 Å². The number of aryl methyl sites for hydroxylation is 1. The minimum Gasteiger partial charge on any atom is -0.354 e. The fraction of sp³-hybridized carbons (Fsp3) is 0.421. The second-order valence-electron chi connectivity index (χ2n) is 5.69. The predicted molar refractivity (Wildman–Crippen MR) is 105 cm³/mol. The largest absolute Gasteiger partial charge is 0.354 e. The zero-order valence-electron chi connectivity index (χ0n) is 14.3. The zero-order chi connectivity index (χ0) is 17.4. The van der Waals surface area contributed by atoms with E-state index in [1.807, 2.05) is 18.2 Å². The number of carbonyl (C=O) groups is 1. The Labute approximate surface area is 157 Å². The number of amides is 1. The molecule has 1 unspecified atom stereocenters. The highest BCUT2D eigenvalue weighted by atomic mass is 79.9. The van der Waals surface area contributed by atoms with Gasteiger partial charge in [0.15, 0.2) is 0 Å². The highest BCUT2D eigenvalue weighted by Gasteiger charge is 2.19. The molecule has 3 nitrogen and oxygen atoms in total.